The maximum absolute atomic E-state index is 12.5. The molecule has 4 aromatic carbocycles. The molecule has 9 rings (SSSR count). The largest absolute Gasteiger partial charge is 3.00 e. The maximum Gasteiger partial charge on any atom is 3.00 e. The van der Waals surface area contributed by atoms with Gasteiger partial charge in [-0.1, -0.05) is 48.5 Å². The van der Waals surface area contributed by atoms with E-state index in [-0.39, 0.29) is 84.8 Å². The smallest absolute Gasteiger partial charge is 0.354 e. The second-order valence-corrected chi connectivity index (χ2v) is 13.6. The average Bonchev–Trinajstić information content (AvgIpc) is 4.09. The molecule has 0 unspecified atom stereocenters. The number of nitro benzene ring substituents is 4. The number of nitrogens with zero attached hydrogens (tertiary/aromatic N) is 6. The molecule has 16 nitrogen and oxygen atoms in total. The first kappa shape index (κ1) is 39.4. The third kappa shape index (κ3) is 6.90. The standard InChI is InChI=1S/C44H26N8O8.Mn/c53-49(54)37-13-5-1-9-25(37)41-29-17-19-31(45-29)42(26-10-2-6-14-38(26)50(55)56)33-21-23-35(47-33)44(28-12-4-8-16-40(28)52(59)60)36-24-22-34(48-36)43(32-20-18-30(41)46-32)27-11-3-7-15-39(27)51(57)58;/h1-24,45,48H;/q;+3. The van der Waals surface area contributed by atoms with E-state index in [1.54, 1.807) is 121 Å². The van der Waals surface area contributed by atoms with E-state index in [4.69, 9.17) is 9.97 Å². The molecule has 2 N–H and O–H groups in total. The quantitative estimate of drug-likeness (QED) is 0.0834. The van der Waals surface area contributed by atoms with Crippen molar-refractivity contribution in [1.82, 2.24) is 19.9 Å². The van der Waals surface area contributed by atoms with Crippen molar-refractivity contribution >= 4 is 69.1 Å². The van der Waals surface area contributed by atoms with Gasteiger partial charge in [-0.05, 0) is 72.8 Å². The maximum atomic E-state index is 12.5. The van der Waals surface area contributed by atoms with Gasteiger partial charge in [0.15, 0.2) is 0 Å². The van der Waals surface area contributed by atoms with Gasteiger partial charge in [0.25, 0.3) is 22.7 Å². The first-order valence-electron chi connectivity index (χ1n) is 18.2. The summed E-state index contributed by atoms with van der Waals surface area (Å²) in [7, 11) is 0. The fourth-order valence-corrected chi connectivity index (χ4v) is 7.72. The molecule has 5 heterocycles. The van der Waals surface area contributed by atoms with Crippen LogP contribution in [0.1, 0.15) is 22.8 Å². The predicted molar refractivity (Wildman–Crippen MR) is 227 cm³/mol. The van der Waals surface area contributed by atoms with Crippen LogP contribution in [0.5, 0.6) is 0 Å². The van der Waals surface area contributed by atoms with Crippen molar-refractivity contribution in [2.75, 3.05) is 0 Å². The molecule has 0 radical (unpaired) electrons. The number of aromatic nitrogens is 4. The number of nitro groups is 4. The molecule has 0 aliphatic carbocycles. The van der Waals surface area contributed by atoms with Gasteiger partial charge in [0.05, 0.1) is 64.7 Å². The molecule has 0 spiro atoms. The topological polar surface area (TPSA) is 230 Å². The Kier molecular flexibility index (Phi) is 10.2. The summed E-state index contributed by atoms with van der Waals surface area (Å²) in [6.45, 7) is 0. The normalized spacial score (nSPS) is 11.5. The molecular weight excluding hydrogens is 823 g/mol. The Morgan fingerprint density at radius 2 is 0.557 bits per heavy atom. The van der Waals surface area contributed by atoms with Crippen LogP contribution in [0.3, 0.4) is 0 Å². The molecule has 2 aliphatic rings. The minimum atomic E-state index is -0.508. The van der Waals surface area contributed by atoms with Crippen molar-refractivity contribution in [3.8, 4) is 44.5 Å². The summed E-state index contributed by atoms with van der Waals surface area (Å²) >= 11 is 0. The van der Waals surface area contributed by atoms with Crippen LogP contribution in [0.25, 0.3) is 90.9 Å². The van der Waals surface area contributed by atoms with Gasteiger partial charge < -0.3 is 9.97 Å². The van der Waals surface area contributed by atoms with E-state index >= 15 is 0 Å². The minimum absolute atomic E-state index is 0. The zero-order valence-corrected chi connectivity index (χ0v) is 32.4. The molecule has 0 saturated carbocycles. The van der Waals surface area contributed by atoms with Crippen molar-refractivity contribution in [2.45, 2.75) is 0 Å². The van der Waals surface area contributed by atoms with Gasteiger partial charge in [-0.25, -0.2) is 9.97 Å². The van der Waals surface area contributed by atoms with E-state index in [0.717, 1.165) is 0 Å². The van der Waals surface area contributed by atoms with Crippen molar-refractivity contribution in [1.29, 1.82) is 0 Å². The predicted octanol–water partition coefficient (Wildman–Crippen LogP) is 11.0. The molecule has 0 fully saturated rings. The molecular formula is C44H26MnN8O8+3. The third-order valence-electron chi connectivity index (χ3n) is 10.2. The fraction of sp³-hybridized carbons (Fsp3) is 0. The number of fused-ring (bicyclic) bond motifs is 8. The number of H-pyrrole nitrogens is 2. The van der Waals surface area contributed by atoms with E-state index in [1.165, 1.54) is 24.3 Å². The van der Waals surface area contributed by atoms with E-state index in [2.05, 4.69) is 9.97 Å². The van der Waals surface area contributed by atoms with Crippen molar-refractivity contribution in [3.05, 3.63) is 185 Å². The number of nitrogens with one attached hydrogen (secondary N) is 2. The molecule has 0 atom stereocenters. The molecule has 8 bridgehead atoms. The van der Waals surface area contributed by atoms with Gasteiger partial charge >= 0.3 is 17.1 Å². The Hall–Kier alpha value is -8.40. The van der Waals surface area contributed by atoms with E-state index in [9.17, 15) is 40.5 Å². The van der Waals surface area contributed by atoms with Crippen molar-refractivity contribution in [2.24, 2.45) is 0 Å². The second kappa shape index (κ2) is 15.7. The first-order chi connectivity index (χ1) is 29.1. The average molecular weight is 850 g/mol. The van der Waals surface area contributed by atoms with Gasteiger partial charge in [-0.2, -0.15) is 0 Å². The van der Waals surface area contributed by atoms with Crippen LogP contribution in [-0.4, -0.2) is 39.6 Å². The van der Waals surface area contributed by atoms with E-state index in [0.29, 0.717) is 44.3 Å². The number of hydrogen-bond acceptors (Lipinski definition) is 10. The molecule has 294 valence electrons. The van der Waals surface area contributed by atoms with Crippen LogP contribution in [0.4, 0.5) is 22.7 Å². The summed E-state index contributed by atoms with van der Waals surface area (Å²) in [5.41, 5.74) is 3.74. The Labute approximate surface area is 353 Å². The molecule has 17 heteroatoms. The van der Waals surface area contributed by atoms with Crippen LogP contribution in [0, 0.1) is 40.5 Å². The zero-order chi connectivity index (χ0) is 41.7. The SMILES string of the molecule is O=[N+]([O-])c1ccccc1-c1c2nc(c(-c3ccccc3[N+](=O)[O-])c3ccc([nH]3)c(-c3ccccc3[N+](=O)[O-])c3nc(c(-c4ccccc4[N+](=O)[O-])c4ccc1[nH]4)C=C3)C=C2.[Mn+3]. The third-order valence-corrected chi connectivity index (χ3v) is 10.2. The zero-order valence-electron chi connectivity index (χ0n) is 31.2. The fourth-order valence-electron chi connectivity index (χ4n) is 7.72. The molecule has 2 aliphatic heterocycles. The summed E-state index contributed by atoms with van der Waals surface area (Å²) < 4.78 is 0. The van der Waals surface area contributed by atoms with E-state index < -0.39 is 19.7 Å². The Balaban J connectivity index is 0.00000514. The summed E-state index contributed by atoms with van der Waals surface area (Å²) in [6.07, 6.45) is 6.61. The van der Waals surface area contributed by atoms with Crippen LogP contribution in [0.15, 0.2) is 121 Å². The van der Waals surface area contributed by atoms with Gasteiger partial charge in [-0.3, -0.25) is 40.5 Å². The van der Waals surface area contributed by atoms with Gasteiger partial charge in [0.2, 0.25) is 0 Å². The molecule has 61 heavy (non-hydrogen) atoms. The molecule has 0 amide bonds. The first-order valence-corrected chi connectivity index (χ1v) is 18.2. The van der Waals surface area contributed by atoms with Gasteiger partial charge in [-0.15, -0.1) is 0 Å². The summed E-state index contributed by atoms with van der Waals surface area (Å²) in [5.74, 6) is 0. The number of rotatable bonds is 8. The summed E-state index contributed by atoms with van der Waals surface area (Å²) in [5, 5.41) is 50.0. The second-order valence-electron chi connectivity index (χ2n) is 13.6. The number of aromatic amines is 2. The number of hydrogen-bond donors (Lipinski definition) is 2. The van der Waals surface area contributed by atoms with E-state index in [1.807, 2.05) is 0 Å². The summed E-state index contributed by atoms with van der Waals surface area (Å²) in [6, 6.07) is 31.3. The van der Waals surface area contributed by atoms with Crippen LogP contribution in [0.2, 0.25) is 0 Å². The van der Waals surface area contributed by atoms with Crippen LogP contribution >= 0.6 is 0 Å². The Bertz CT molecular complexity index is 2840. The van der Waals surface area contributed by atoms with Crippen LogP contribution in [-0.2, 0) is 17.1 Å². The van der Waals surface area contributed by atoms with Crippen molar-refractivity contribution in [3.63, 3.8) is 0 Å². The number of para-hydroxylation sites is 4. The molecule has 7 aromatic rings. The van der Waals surface area contributed by atoms with Gasteiger partial charge in [0.1, 0.15) is 0 Å². The Morgan fingerprint density at radius 3 is 0.770 bits per heavy atom. The molecule has 3 aromatic heterocycles. The van der Waals surface area contributed by atoms with Gasteiger partial charge in [0, 0.05) is 68.6 Å². The van der Waals surface area contributed by atoms with Crippen LogP contribution < -0.4 is 0 Å². The van der Waals surface area contributed by atoms with Crippen molar-refractivity contribution < 1.29 is 36.8 Å². The number of benzene rings is 4. The summed E-state index contributed by atoms with van der Waals surface area (Å²) in [4.78, 5) is 64.7. The molecule has 0 saturated heterocycles. The minimum Gasteiger partial charge on any atom is -0.354 e. The Morgan fingerprint density at radius 1 is 0.344 bits per heavy atom. The monoisotopic (exact) mass is 849 g/mol.